The summed E-state index contributed by atoms with van der Waals surface area (Å²) < 4.78 is 1.02. The van der Waals surface area contributed by atoms with Crippen molar-refractivity contribution in [2.24, 2.45) is 5.73 Å². The second-order valence-electron chi connectivity index (χ2n) is 4.72. The minimum atomic E-state index is 0.239. The van der Waals surface area contributed by atoms with Gasteiger partial charge in [0, 0.05) is 25.5 Å². The van der Waals surface area contributed by atoms with Crippen molar-refractivity contribution >= 4 is 21.6 Å². The fourth-order valence-electron chi connectivity index (χ4n) is 2.79. The maximum atomic E-state index is 6.02. The van der Waals surface area contributed by atoms with Crippen LogP contribution in [0.2, 0.25) is 0 Å². The van der Waals surface area contributed by atoms with Gasteiger partial charge in [-0.1, -0.05) is 24.3 Å². The van der Waals surface area contributed by atoms with Crippen molar-refractivity contribution in [1.82, 2.24) is 4.98 Å². The standard InChI is InChI=1S/C15H16BrN3/c16-13-10-18-7-5-14(13)19-8-6-11-3-1-2-4-12(11)15(19)9-17/h1-5,7,10,15H,6,8-9,17H2. The van der Waals surface area contributed by atoms with Gasteiger partial charge >= 0.3 is 0 Å². The van der Waals surface area contributed by atoms with E-state index in [1.165, 1.54) is 16.8 Å². The van der Waals surface area contributed by atoms with E-state index in [4.69, 9.17) is 5.73 Å². The van der Waals surface area contributed by atoms with Gasteiger partial charge < -0.3 is 10.6 Å². The predicted molar refractivity (Wildman–Crippen MR) is 81.2 cm³/mol. The molecule has 3 nitrogen and oxygen atoms in total. The average Bonchev–Trinajstić information content (AvgIpc) is 2.46. The van der Waals surface area contributed by atoms with Crippen molar-refractivity contribution in [3.63, 3.8) is 0 Å². The number of hydrogen-bond acceptors (Lipinski definition) is 3. The first kappa shape index (κ1) is 12.6. The number of pyridine rings is 1. The number of benzene rings is 1. The van der Waals surface area contributed by atoms with E-state index in [-0.39, 0.29) is 6.04 Å². The first-order chi connectivity index (χ1) is 9.31. The summed E-state index contributed by atoms with van der Waals surface area (Å²) in [5, 5.41) is 0. The van der Waals surface area contributed by atoms with E-state index in [1.807, 2.05) is 18.5 Å². The van der Waals surface area contributed by atoms with E-state index in [9.17, 15) is 0 Å². The van der Waals surface area contributed by atoms with Gasteiger partial charge in [-0.2, -0.15) is 0 Å². The molecule has 0 saturated carbocycles. The molecular weight excluding hydrogens is 302 g/mol. The molecule has 1 aliphatic heterocycles. The molecule has 0 bridgehead atoms. The Kier molecular flexibility index (Phi) is 3.53. The number of nitrogens with zero attached hydrogens (tertiary/aromatic N) is 2. The second kappa shape index (κ2) is 5.31. The molecule has 0 amide bonds. The van der Waals surface area contributed by atoms with Crippen molar-refractivity contribution in [1.29, 1.82) is 0 Å². The van der Waals surface area contributed by atoms with Gasteiger partial charge in [-0.3, -0.25) is 4.98 Å². The van der Waals surface area contributed by atoms with Crippen LogP contribution in [0.1, 0.15) is 17.2 Å². The molecule has 0 saturated heterocycles. The third kappa shape index (κ3) is 2.26. The molecule has 19 heavy (non-hydrogen) atoms. The van der Waals surface area contributed by atoms with Crippen molar-refractivity contribution in [2.75, 3.05) is 18.0 Å². The summed E-state index contributed by atoms with van der Waals surface area (Å²) in [4.78, 5) is 6.50. The van der Waals surface area contributed by atoms with Gasteiger partial charge in [-0.15, -0.1) is 0 Å². The molecule has 0 aliphatic carbocycles. The summed E-state index contributed by atoms with van der Waals surface area (Å²) in [6, 6.07) is 10.9. The predicted octanol–water partition coefficient (Wildman–Crippen LogP) is 2.91. The Morgan fingerprint density at radius 1 is 1.32 bits per heavy atom. The highest BCUT2D eigenvalue weighted by Crippen LogP contribution is 2.36. The van der Waals surface area contributed by atoms with Crippen molar-refractivity contribution in [3.8, 4) is 0 Å². The van der Waals surface area contributed by atoms with Crippen molar-refractivity contribution in [3.05, 3.63) is 58.3 Å². The van der Waals surface area contributed by atoms with Crippen LogP contribution in [0.5, 0.6) is 0 Å². The van der Waals surface area contributed by atoms with Gasteiger partial charge in [0.25, 0.3) is 0 Å². The highest BCUT2D eigenvalue weighted by Gasteiger charge is 2.27. The van der Waals surface area contributed by atoms with Gasteiger partial charge in [-0.25, -0.2) is 0 Å². The lowest BCUT2D eigenvalue weighted by Gasteiger charge is -2.38. The fraction of sp³-hybridized carbons (Fsp3) is 0.267. The molecule has 2 N–H and O–H groups in total. The van der Waals surface area contributed by atoms with Gasteiger partial charge in [0.2, 0.25) is 0 Å². The summed E-state index contributed by atoms with van der Waals surface area (Å²) >= 11 is 3.58. The second-order valence-corrected chi connectivity index (χ2v) is 5.58. The van der Waals surface area contributed by atoms with Gasteiger partial charge in [0.15, 0.2) is 0 Å². The van der Waals surface area contributed by atoms with Crippen LogP contribution in [0.4, 0.5) is 5.69 Å². The molecule has 2 aromatic rings. The summed E-state index contributed by atoms with van der Waals surface area (Å²) in [7, 11) is 0. The Morgan fingerprint density at radius 2 is 2.16 bits per heavy atom. The zero-order chi connectivity index (χ0) is 13.2. The normalized spacial score (nSPS) is 18.2. The van der Waals surface area contributed by atoms with E-state index >= 15 is 0 Å². The van der Waals surface area contributed by atoms with Gasteiger partial charge in [-0.05, 0) is 39.5 Å². The van der Waals surface area contributed by atoms with Crippen LogP contribution in [0, 0.1) is 0 Å². The molecule has 98 valence electrons. The maximum absolute atomic E-state index is 6.02. The molecule has 4 heteroatoms. The van der Waals surface area contributed by atoms with E-state index < -0.39 is 0 Å². The minimum absolute atomic E-state index is 0.239. The number of halogens is 1. The summed E-state index contributed by atoms with van der Waals surface area (Å²) in [6.45, 7) is 1.60. The average molecular weight is 318 g/mol. The largest absolute Gasteiger partial charge is 0.362 e. The lowest BCUT2D eigenvalue weighted by molar-refractivity contribution is 0.589. The van der Waals surface area contributed by atoms with Crippen LogP contribution in [0.25, 0.3) is 0 Å². The monoisotopic (exact) mass is 317 g/mol. The molecule has 1 aliphatic rings. The number of nitrogens with two attached hydrogens (primary N) is 1. The molecule has 1 aromatic carbocycles. The lowest BCUT2D eigenvalue weighted by Crippen LogP contribution is -2.39. The molecule has 3 rings (SSSR count). The molecule has 1 unspecified atom stereocenters. The van der Waals surface area contributed by atoms with E-state index in [0.29, 0.717) is 6.54 Å². The van der Waals surface area contributed by atoms with Crippen LogP contribution in [0.3, 0.4) is 0 Å². The number of fused-ring (bicyclic) bond motifs is 1. The Hall–Kier alpha value is -1.39. The van der Waals surface area contributed by atoms with Gasteiger partial charge in [0.05, 0.1) is 16.2 Å². The first-order valence-corrected chi connectivity index (χ1v) is 7.24. The van der Waals surface area contributed by atoms with E-state index in [2.05, 4.69) is 50.1 Å². The summed E-state index contributed by atoms with van der Waals surface area (Å²) in [5.74, 6) is 0. The number of anilines is 1. The topological polar surface area (TPSA) is 42.1 Å². The van der Waals surface area contributed by atoms with Crippen LogP contribution in [-0.4, -0.2) is 18.1 Å². The Bertz CT molecular complexity index is 585. The van der Waals surface area contributed by atoms with Crippen LogP contribution >= 0.6 is 15.9 Å². The van der Waals surface area contributed by atoms with Crippen molar-refractivity contribution in [2.45, 2.75) is 12.5 Å². The highest BCUT2D eigenvalue weighted by molar-refractivity contribution is 9.10. The Balaban J connectivity index is 2.03. The number of hydrogen-bond donors (Lipinski definition) is 1. The van der Waals surface area contributed by atoms with E-state index in [0.717, 1.165) is 17.4 Å². The van der Waals surface area contributed by atoms with Crippen LogP contribution in [-0.2, 0) is 6.42 Å². The third-order valence-electron chi connectivity index (χ3n) is 3.70. The van der Waals surface area contributed by atoms with Gasteiger partial charge in [0.1, 0.15) is 0 Å². The molecule has 1 atom stereocenters. The molecule has 0 fully saturated rings. The minimum Gasteiger partial charge on any atom is -0.362 e. The smallest absolute Gasteiger partial charge is 0.0667 e. The molecule has 1 aromatic heterocycles. The van der Waals surface area contributed by atoms with Crippen LogP contribution < -0.4 is 10.6 Å². The molecule has 0 spiro atoms. The quantitative estimate of drug-likeness (QED) is 0.926. The first-order valence-electron chi connectivity index (χ1n) is 6.45. The zero-order valence-corrected chi connectivity index (χ0v) is 12.2. The third-order valence-corrected chi connectivity index (χ3v) is 4.31. The summed E-state index contributed by atoms with van der Waals surface area (Å²) in [6.07, 6.45) is 4.72. The Labute approximate surface area is 121 Å². The fourth-order valence-corrected chi connectivity index (χ4v) is 3.27. The molecule has 0 radical (unpaired) electrons. The lowest BCUT2D eigenvalue weighted by atomic mass is 9.92. The van der Waals surface area contributed by atoms with Crippen molar-refractivity contribution < 1.29 is 0 Å². The number of rotatable bonds is 2. The Morgan fingerprint density at radius 3 is 2.95 bits per heavy atom. The van der Waals surface area contributed by atoms with E-state index in [1.54, 1.807) is 0 Å². The summed E-state index contributed by atoms with van der Waals surface area (Å²) in [5.41, 5.74) is 9.95. The van der Waals surface area contributed by atoms with Crippen LogP contribution in [0.15, 0.2) is 47.2 Å². The number of aromatic nitrogens is 1. The highest BCUT2D eigenvalue weighted by atomic mass is 79.9. The maximum Gasteiger partial charge on any atom is 0.0667 e. The molecule has 2 heterocycles. The SMILES string of the molecule is NCC1c2ccccc2CCN1c1ccncc1Br. The zero-order valence-electron chi connectivity index (χ0n) is 10.6. The molecular formula is C15H16BrN3.